The molecule has 98 valence electrons. The molecule has 2 rings (SSSR count). The predicted octanol–water partition coefficient (Wildman–Crippen LogP) is 2.90. The quantitative estimate of drug-likeness (QED) is 0.795. The number of halogens is 2. The number of hydrogen-bond acceptors (Lipinski definition) is 2. The third kappa shape index (κ3) is 3.65. The Hall–Kier alpha value is -0.690. The number of carbonyl (C=O) groups is 1. The van der Waals surface area contributed by atoms with E-state index in [1.54, 1.807) is 6.07 Å². The van der Waals surface area contributed by atoms with Gasteiger partial charge in [-0.1, -0.05) is 12.8 Å². The highest BCUT2D eigenvalue weighted by atomic mass is 127. The highest BCUT2D eigenvalue weighted by Gasteiger charge is 2.20. The van der Waals surface area contributed by atoms with E-state index in [1.165, 1.54) is 18.6 Å². The highest BCUT2D eigenvalue weighted by Crippen LogP contribution is 2.20. The second-order valence-corrected chi connectivity index (χ2v) is 5.63. The van der Waals surface area contributed by atoms with Crippen molar-refractivity contribution in [3.05, 3.63) is 27.6 Å². The van der Waals surface area contributed by atoms with E-state index in [2.05, 4.69) is 10.6 Å². The van der Waals surface area contributed by atoms with Crippen LogP contribution in [0, 0.1) is 9.39 Å². The Kier molecular flexibility index (Phi) is 4.94. The zero-order valence-electron chi connectivity index (χ0n) is 10.0. The molecule has 1 aliphatic rings. The van der Waals surface area contributed by atoms with E-state index in [-0.39, 0.29) is 17.8 Å². The molecule has 1 aromatic carbocycles. The van der Waals surface area contributed by atoms with Crippen LogP contribution in [0.3, 0.4) is 0 Å². The normalized spacial score (nSPS) is 20.2. The lowest BCUT2D eigenvalue weighted by Gasteiger charge is -2.16. The summed E-state index contributed by atoms with van der Waals surface area (Å²) in [6.45, 7) is 0.887. The molecular weight excluding hydrogens is 346 g/mol. The van der Waals surface area contributed by atoms with Crippen molar-refractivity contribution >= 4 is 34.2 Å². The lowest BCUT2D eigenvalue weighted by Crippen LogP contribution is -2.40. The summed E-state index contributed by atoms with van der Waals surface area (Å²) in [6, 6.07) is 4.24. The summed E-state index contributed by atoms with van der Waals surface area (Å²) >= 11 is 2.02. The maximum atomic E-state index is 13.0. The van der Waals surface area contributed by atoms with Crippen molar-refractivity contribution in [3.63, 3.8) is 0 Å². The van der Waals surface area contributed by atoms with Crippen LogP contribution in [0.4, 0.5) is 10.1 Å². The van der Waals surface area contributed by atoms with Gasteiger partial charge in [0, 0.05) is 3.57 Å². The second kappa shape index (κ2) is 6.47. The zero-order valence-corrected chi connectivity index (χ0v) is 12.2. The molecule has 1 saturated heterocycles. The first-order valence-corrected chi connectivity index (χ1v) is 7.24. The van der Waals surface area contributed by atoms with E-state index >= 15 is 0 Å². The number of rotatable bonds is 2. The predicted molar refractivity (Wildman–Crippen MR) is 78.0 cm³/mol. The first-order chi connectivity index (χ1) is 8.66. The summed E-state index contributed by atoms with van der Waals surface area (Å²) in [4.78, 5) is 12.1. The van der Waals surface area contributed by atoms with Gasteiger partial charge < -0.3 is 10.6 Å². The molecule has 1 unspecified atom stereocenters. The van der Waals surface area contributed by atoms with Crippen molar-refractivity contribution in [1.29, 1.82) is 0 Å². The van der Waals surface area contributed by atoms with E-state index in [1.807, 2.05) is 22.6 Å². The standard InChI is InChI=1S/C13H16FIN2O/c14-9-5-6-11(10(15)8-9)17-13(18)12-4-2-1-3-7-16-12/h5-6,8,12,16H,1-4,7H2,(H,17,18). The smallest absolute Gasteiger partial charge is 0.241 e. The van der Waals surface area contributed by atoms with Crippen molar-refractivity contribution in [2.24, 2.45) is 0 Å². The average Bonchev–Trinajstić information content (AvgIpc) is 2.61. The van der Waals surface area contributed by atoms with Gasteiger partial charge in [-0.2, -0.15) is 0 Å². The topological polar surface area (TPSA) is 41.1 Å². The van der Waals surface area contributed by atoms with Gasteiger partial charge >= 0.3 is 0 Å². The summed E-state index contributed by atoms with van der Waals surface area (Å²) in [5.74, 6) is -0.314. The molecule has 2 N–H and O–H groups in total. The van der Waals surface area contributed by atoms with Gasteiger partial charge in [0.2, 0.25) is 5.91 Å². The fourth-order valence-electron chi connectivity index (χ4n) is 2.06. The van der Waals surface area contributed by atoms with Gasteiger partial charge in [-0.15, -0.1) is 0 Å². The first-order valence-electron chi connectivity index (χ1n) is 6.16. The second-order valence-electron chi connectivity index (χ2n) is 4.47. The van der Waals surface area contributed by atoms with Gasteiger partial charge in [-0.25, -0.2) is 4.39 Å². The van der Waals surface area contributed by atoms with Crippen molar-refractivity contribution in [2.75, 3.05) is 11.9 Å². The number of benzene rings is 1. The minimum absolute atomic E-state index is 0.0265. The van der Waals surface area contributed by atoms with Crippen molar-refractivity contribution in [2.45, 2.75) is 31.7 Å². The molecule has 1 atom stereocenters. The van der Waals surface area contributed by atoms with Crippen LogP contribution in [-0.2, 0) is 4.79 Å². The molecule has 3 nitrogen and oxygen atoms in total. The average molecular weight is 362 g/mol. The molecule has 0 radical (unpaired) electrons. The lowest BCUT2D eigenvalue weighted by molar-refractivity contribution is -0.118. The minimum atomic E-state index is -0.287. The Bertz CT molecular complexity index is 431. The van der Waals surface area contributed by atoms with Crippen LogP contribution in [0.15, 0.2) is 18.2 Å². The summed E-state index contributed by atoms with van der Waals surface area (Å²) in [6.07, 6.45) is 4.23. The number of nitrogens with one attached hydrogen (secondary N) is 2. The van der Waals surface area contributed by atoms with Crippen LogP contribution < -0.4 is 10.6 Å². The summed E-state index contributed by atoms with van der Waals surface area (Å²) in [7, 11) is 0. The van der Waals surface area contributed by atoms with Crippen LogP contribution in [-0.4, -0.2) is 18.5 Å². The van der Waals surface area contributed by atoms with Crippen LogP contribution >= 0.6 is 22.6 Å². The van der Waals surface area contributed by atoms with Gasteiger partial charge in [0.15, 0.2) is 0 Å². The molecule has 0 bridgehead atoms. The third-order valence-corrected chi connectivity index (χ3v) is 3.96. The molecular formula is C13H16FIN2O. The lowest BCUT2D eigenvalue weighted by atomic mass is 10.1. The van der Waals surface area contributed by atoms with Crippen LogP contribution in [0.2, 0.25) is 0 Å². The maximum absolute atomic E-state index is 13.0. The third-order valence-electron chi connectivity index (χ3n) is 3.07. The molecule has 0 aromatic heterocycles. The molecule has 0 aliphatic carbocycles. The van der Waals surface area contributed by atoms with E-state index < -0.39 is 0 Å². The molecule has 1 fully saturated rings. The molecule has 18 heavy (non-hydrogen) atoms. The molecule has 1 heterocycles. The molecule has 5 heteroatoms. The fourth-order valence-corrected chi connectivity index (χ4v) is 2.68. The summed E-state index contributed by atoms with van der Waals surface area (Å²) in [5, 5.41) is 6.10. The number of amides is 1. The van der Waals surface area contributed by atoms with E-state index in [0.717, 1.165) is 29.4 Å². The molecule has 1 aromatic rings. The summed E-state index contributed by atoms with van der Waals surface area (Å²) in [5.41, 5.74) is 0.674. The largest absolute Gasteiger partial charge is 0.324 e. The van der Waals surface area contributed by atoms with Gasteiger partial charge in [-0.05, 0) is 60.2 Å². The monoisotopic (exact) mass is 362 g/mol. The Morgan fingerprint density at radius 3 is 3.00 bits per heavy atom. The molecule has 0 spiro atoms. The first kappa shape index (κ1) is 13.7. The maximum Gasteiger partial charge on any atom is 0.241 e. The Balaban J connectivity index is 2.01. The van der Waals surface area contributed by atoms with E-state index in [0.29, 0.717) is 5.69 Å². The van der Waals surface area contributed by atoms with Crippen LogP contribution in [0.25, 0.3) is 0 Å². The SMILES string of the molecule is O=C(Nc1ccc(F)cc1I)C1CCCCCN1. The number of carbonyl (C=O) groups excluding carboxylic acids is 1. The van der Waals surface area contributed by atoms with E-state index in [4.69, 9.17) is 0 Å². The molecule has 0 saturated carbocycles. The van der Waals surface area contributed by atoms with Gasteiger partial charge in [0.05, 0.1) is 11.7 Å². The van der Waals surface area contributed by atoms with Crippen molar-refractivity contribution < 1.29 is 9.18 Å². The molecule has 1 amide bonds. The Morgan fingerprint density at radius 2 is 2.22 bits per heavy atom. The highest BCUT2D eigenvalue weighted by molar-refractivity contribution is 14.1. The van der Waals surface area contributed by atoms with Gasteiger partial charge in [0.1, 0.15) is 5.82 Å². The minimum Gasteiger partial charge on any atom is -0.324 e. The van der Waals surface area contributed by atoms with Crippen molar-refractivity contribution in [3.8, 4) is 0 Å². The van der Waals surface area contributed by atoms with Crippen LogP contribution in [0.1, 0.15) is 25.7 Å². The van der Waals surface area contributed by atoms with Crippen molar-refractivity contribution in [1.82, 2.24) is 5.32 Å². The zero-order chi connectivity index (χ0) is 13.0. The fraction of sp³-hybridized carbons (Fsp3) is 0.462. The molecule has 1 aliphatic heterocycles. The van der Waals surface area contributed by atoms with E-state index in [9.17, 15) is 9.18 Å². The number of anilines is 1. The summed E-state index contributed by atoms with van der Waals surface area (Å²) < 4.78 is 13.7. The van der Waals surface area contributed by atoms with Gasteiger partial charge in [0.25, 0.3) is 0 Å². The Morgan fingerprint density at radius 1 is 1.39 bits per heavy atom. The number of hydrogen-bond donors (Lipinski definition) is 2. The van der Waals surface area contributed by atoms with Crippen LogP contribution in [0.5, 0.6) is 0 Å². The Labute approximate surface area is 120 Å². The van der Waals surface area contributed by atoms with Gasteiger partial charge in [-0.3, -0.25) is 4.79 Å².